The highest BCUT2D eigenvalue weighted by Crippen LogP contribution is 2.45. The van der Waals surface area contributed by atoms with E-state index in [0.29, 0.717) is 18.4 Å². The molecule has 1 aliphatic heterocycles. The van der Waals surface area contributed by atoms with Gasteiger partial charge >= 0.3 is 5.97 Å². The van der Waals surface area contributed by atoms with Crippen molar-refractivity contribution < 1.29 is 19.4 Å². The first-order valence-electron chi connectivity index (χ1n) is 10.00. The lowest BCUT2D eigenvalue weighted by Crippen LogP contribution is -2.46. The second-order valence-corrected chi connectivity index (χ2v) is 8.07. The molecule has 1 saturated carbocycles. The van der Waals surface area contributed by atoms with Crippen molar-refractivity contribution in [2.24, 2.45) is 11.8 Å². The van der Waals surface area contributed by atoms with Crippen molar-refractivity contribution in [1.29, 1.82) is 0 Å². The standard InChI is InChI=1S/C23H27NO4/c1-23(24-20-13-18(22(25)26)9-12-21(20)28-23)19-10-7-17(8-11-19)15-27-14-16-5-3-2-4-6-16/h2-6,9,12-13,17,19,24H,7-8,10-11,14-15H2,1H3,(H,25,26). The van der Waals surface area contributed by atoms with E-state index in [1.165, 1.54) is 5.56 Å². The minimum Gasteiger partial charge on any atom is -0.478 e. The number of aromatic carboxylic acids is 1. The monoisotopic (exact) mass is 381 g/mol. The van der Waals surface area contributed by atoms with Gasteiger partial charge in [0, 0.05) is 12.5 Å². The number of nitrogens with one attached hydrogen (secondary N) is 1. The number of hydrogen-bond acceptors (Lipinski definition) is 4. The Kier molecular flexibility index (Phi) is 5.27. The van der Waals surface area contributed by atoms with Crippen molar-refractivity contribution in [3.05, 3.63) is 59.7 Å². The smallest absolute Gasteiger partial charge is 0.335 e. The van der Waals surface area contributed by atoms with E-state index in [0.717, 1.165) is 43.7 Å². The quantitative estimate of drug-likeness (QED) is 0.743. The molecule has 2 N–H and O–H groups in total. The summed E-state index contributed by atoms with van der Waals surface area (Å²) in [6.45, 7) is 3.55. The van der Waals surface area contributed by atoms with Crippen LogP contribution in [-0.4, -0.2) is 23.4 Å². The Balaban J connectivity index is 1.28. The molecule has 28 heavy (non-hydrogen) atoms. The molecule has 4 rings (SSSR count). The number of hydrogen-bond donors (Lipinski definition) is 2. The van der Waals surface area contributed by atoms with Crippen molar-refractivity contribution in [1.82, 2.24) is 0 Å². The third-order valence-corrected chi connectivity index (χ3v) is 6.02. The molecular weight excluding hydrogens is 354 g/mol. The largest absolute Gasteiger partial charge is 0.478 e. The molecule has 2 aliphatic rings. The van der Waals surface area contributed by atoms with E-state index >= 15 is 0 Å². The molecule has 5 heteroatoms. The summed E-state index contributed by atoms with van der Waals surface area (Å²) in [4.78, 5) is 11.2. The first-order valence-corrected chi connectivity index (χ1v) is 10.00. The van der Waals surface area contributed by atoms with Crippen LogP contribution in [0.5, 0.6) is 5.75 Å². The normalized spacial score (nSPS) is 26.2. The van der Waals surface area contributed by atoms with Gasteiger partial charge in [-0.1, -0.05) is 30.3 Å². The number of ether oxygens (including phenoxy) is 2. The molecular formula is C23H27NO4. The Bertz CT molecular complexity index is 830. The number of carboxylic acids is 1. The molecule has 0 saturated heterocycles. The van der Waals surface area contributed by atoms with Crippen molar-refractivity contribution in [2.75, 3.05) is 11.9 Å². The average Bonchev–Trinajstić information content (AvgIpc) is 3.06. The molecule has 5 nitrogen and oxygen atoms in total. The number of benzene rings is 2. The molecule has 1 aliphatic carbocycles. The van der Waals surface area contributed by atoms with Gasteiger partial charge in [0.2, 0.25) is 0 Å². The van der Waals surface area contributed by atoms with Crippen molar-refractivity contribution in [2.45, 2.75) is 44.9 Å². The summed E-state index contributed by atoms with van der Waals surface area (Å²) >= 11 is 0. The van der Waals surface area contributed by atoms with E-state index < -0.39 is 11.7 Å². The summed E-state index contributed by atoms with van der Waals surface area (Å²) in [7, 11) is 0. The Labute approximate surface area is 165 Å². The second kappa shape index (κ2) is 7.84. The molecule has 1 fully saturated rings. The number of carbonyl (C=O) groups is 1. The van der Waals surface area contributed by atoms with Crippen LogP contribution in [0, 0.1) is 11.8 Å². The van der Waals surface area contributed by atoms with Gasteiger partial charge in [0.25, 0.3) is 0 Å². The zero-order valence-corrected chi connectivity index (χ0v) is 16.2. The van der Waals surface area contributed by atoms with E-state index in [1.54, 1.807) is 18.2 Å². The summed E-state index contributed by atoms with van der Waals surface area (Å²) in [6.07, 6.45) is 4.39. The summed E-state index contributed by atoms with van der Waals surface area (Å²) < 4.78 is 12.1. The lowest BCUT2D eigenvalue weighted by atomic mass is 9.77. The Morgan fingerprint density at radius 3 is 2.64 bits per heavy atom. The Morgan fingerprint density at radius 1 is 1.18 bits per heavy atom. The number of fused-ring (bicyclic) bond motifs is 1. The van der Waals surface area contributed by atoms with Gasteiger partial charge in [0.15, 0.2) is 5.72 Å². The van der Waals surface area contributed by atoms with Crippen LogP contribution in [0.3, 0.4) is 0 Å². The SMILES string of the molecule is CC1(C2CCC(COCc3ccccc3)CC2)Nc2cc(C(=O)O)ccc2O1. The molecule has 1 heterocycles. The van der Waals surface area contributed by atoms with Gasteiger partial charge < -0.3 is 19.9 Å². The van der Waals surface area contributed by atoms with E-state index in [1.807, 2.05) is 18.2 Å². The third kappa shape index (κ3) is 3.99. The zero-order valence-electron chi connectivity index (χ0n) is 16.2. The molecule has 1 atom stereocenters. The lowest BCUT2D eigenvalue weighted by molar-refractivity contribution is 0.0176. The van der Waals surface area contributed by atoms with Gasteiger partial charge in [0.05, 0.1) is 17.9 Å². The van der Waals surface area contributed by atoms with Gasteiger partial charge in [-0.05, 0) is 62.3 Å². The second-order valence-electron chi connectivity index (χ2n) is 8.07. The molecule has 148 valence electrons. The van der Waals surface area contributed by atoms with E-state index in [2.05, 4.69) is 24.4 Å². The topological polar surface area (TPSA) is 67.8 Å². The van der Waals surface area contributed by atoms with E-state index in [4.69, 9.17) is 9.47 Å². The van der Waals surface area contributed by atoms with Crippen LogP contribution in [0.25, 0.3) is 0 Å². The molecule has 0 spiro atoms. The number of carboxylic acid groups (broad SMARTS) is 1. The predicted octanol–water partition coefficient (Wildman–Crippen LogP) is 4.93. The number of anilines is 1. The summed E-state index contributed by atoms with van der Waals surface area (Å²) in [5, 5.41) is 12.6. The van der Waals surface area contributed by atoms with Crippen LogP contribution in [0.1, 0.15) is 48.5 Å². The van der Waals surface area contributed by atoms with Crippen LogP contribution in [0.2, 0.25) is 0 Å². The van der Waals surface area contributed by atoms with Gasteiger partial charge in [0.1, 0.15) is 5.75 Å². The minimum atomic E-state index is -0.922. The average molecular weight is 381 g/mol. The molecule has 1 unspecified atom stereocenters. The lowest BCUT2D eigenvalue weighted by Gasteiger charge is -2.38. The first-order chi connectivity index (χ1) is 13.5. The minimum absolute atomic E-state index is 0.276. The van der Waals surface area contributed by atoms with Gasteiger partial charge in [-0.25, -0.2) is 4.79 Å². The molecule has 0 aromatic heterocycles. The maximum Gasteiger partial charge on any atom is 0.335 e. The van der Waals surface area contributed by atoms with Crippen molar-refractivity contribution >= 4 is 11.7 Å². The van der Waals surface area contributed by atoms with E-state index in [9.17, 15) is 9.90 Å². The highest BCUT2D eigenvalue weighted by Gasteiger charge is 2.43. The third-order valence-electron chi connectivity index (χ3n) is 6.02. The fraction of sp³-hybridized carbons (Fsp3) is 0.435. The maximum absolute atomic E-state index is 11.2. The first kappa shape index (κ1) is 18.8. The van der Waals surface area contributed by atoms with Crippen LogP contribution in [-0.2, 0) is 11.3 Å². The Morgan fingerprint density at radius 2 is 1.93 bits per heavy atom. The molecule has 2 aromatic carbocycles. The predicted molar refractivity (Wildman–Crippen MR) is 108 cm³/mol. The molecule has 0 amide bonds. The fourth-order valence-corrected chi connectivity index (χ4v) is 4.35. The maximum atomic E-state index is 11.2. The van der Waals surface area contributed by atoms with E-state index in [-0.39, 0.29) is 5.56 Å². The van der Waals surface area contributed by atoms with Crippen LogP contribution in [0.15, 0.2) is 48.5 Å². The van der Waals surface area contributed by atoms with Crippen LogP contribution >= 0.6 is 0 Å². The Hall–Kier alpha value is -2.53. The summed E-state index contributed by atoms with van der Waals surface area (Å²) in [5.41, 5.74) is 1.79. The highest BCUT2D eigenvalue weighted by atomic mass is 16.5. The molecule has 0 bridgehead atoms. The van der Waals surface area contributed by atoms with Gasteiger partial charge in [-0.15, -0.1) is 0 Å². The zero-order chi connectivity index (χ0) is 19.6. The van der Waals surface area contributed by atoms with Crippen molar-refractivity contribution in [3.8, 4) is 5.75 Å². The van der Waals surface area contributed by atoms with Gasteiger partial charge in [-0.2, -0.15) is 0 Å². The van der Waals surface area contributed by atoms with Crippen LogP contribution in [0.4, 0.5) is 5.69 Å². The van der Waals surface area contributed by atoms with Crippen LogP contribution < -0.4 is 10.1 Å². The fourth-order valence-electron chi connectivity index (χ4n) is 4.35. The summed E-state index contributed by atoms with van der Waals surface area (Å²) in [6, 6.07) is 15.3. The molecule has 2 aromatic rings. The van der Waals surface area contributed by atoms with Crippen molar-refractivity contribution in [3.63, 3.8) is 0 Å². The molecule has 0 radical (unpaired) electrons. The summed E-state index contributed by atoms with van der Waals surface area (Å²) in [5.74, 6) is 0.791. The highest BCUT2D eigenvalue weighted by molar-refractivity contribution is 5.89. The van der Waals surface area contributed by atoms with Gasteiger partial charge in [-0.3, -0.25) is 0 Å². The number of rotatable bonds is 6.